The molecule has 1 N–H and O–H groups in total. The first-order valence-electron chi connectivity index (χ1n) is 8.07. The van der Waals surface area contributed by atoms with E-state index < -0.39 is 5.54 Å². The van der Waals surface area contributed by atoms with Crippen LogP contribution in [-0.2, 0) is 9.59 Å². The average Bonchev–Trinajstić information content (AvgIpc) is 2.89. The fourth-order valence-corrected chi connectivity index (χ4v) is 3.91. The summed E-state index contributed by atoms with van der Waals surface area (Å²) in [5.41, 5.74) is -0.592. The molecule has 0 bridgehead atoms. The number of rotatable bonds is 5. The first kappa shape index (κ1) is 16.7. The molecular formula is C16H28N2O2S. The van der Waals surface area contributed by atoms with Crippen molar-refractivity contribution in [2.24, 2.45) is 5.92 Å². The van der Waals surface area contributed by atoms with E-state index in [1.54, 1.807) is 0 Å². The summed E-state index contributed by atoms with van der Waals surface area (Å²) in [6.45, 7) is 6.91. The second kappa shape index (κ2) is 6.59. The molecule has 0 aromatic heterocycles. The van der Waals surface area contributed by atoms with Gasteiger partial charge in [-0.3, -0.25) is 9.59 Å². The Morgan fingerprint density at radius 3 is 2.43 bits per heavy atom. The largest absolute Gasteiger partial charge is 0.340 e. The lowest BCUT2D eigenvalue weighted by Crippen LogP contribution is -2.70. The molecule has 0 aromatic carbocycles. The predicted molar refractivity (Wildman–Crippen MR) is 87.3 cm³/mol. The van der Waals surface area contributed by atoms with Crippen LogP contribution in [0.1, 0.15) is 52.9 Å². The molecule has 21 heavy (non-hydrogen) atoms. The number of carbonyl (C=O) groups is 2. The Balaban J connectivity index is 2.20. The normalized spacial score (nSPS) is 26.5. The summed E-state index contributed by atoms with van der Waals surface area (Å²) in [5.74, 6) is 0.354. The summed E-state index contributed by atoms with van der Waals surface area (Å²) in [4.78, 5) is 27.4. The van der Waals surface area contributed by atoms with Crippen LogP contribution in [0.25, 0.3) is 0 Å². The van der Waals surface area contributed by atoms with Crippen molar-refractivity contribution in [1.29, 1.82) is 0 Å². The molecule has 2 unspecified atom stereocenters. The highest BCUT2D eigenvalue weighted by Crippen LogP contribution is 2.36. The van der Waals surface area contributed by atoms with E-state index in [0.29, 0.717) is 11.8 Å². The van der Waals surface area contributed by atoms with Crippen molar-refractivity contribution >= 4 is 23.6 Å². The van der Waals surface area contributed by atoms with Gasteiger partial charge in [0.25, 0.3) is 0 Å². The van der Waals surface area contributed by atoms with Gasteiger partial charge in [0, 0.05) is 11.8 Å². The zero-order chi connectivity index (χ0) is 15.6. The van der Waals surface area contributed by atoms with Gasteiger partial charge in [0.15, 0.2) is 0 Å². The molecule has 2 fully saturated rings. The molecule has 120 valence electrons. The molecular weight excluding hydrogens is 284 g/mol. The van der Waals surface area contributed by atoms with E-state index >= 15 is 0 Å². The summed E-state index contributed by atoms with van der Waals surface area (Å²) in [6, 6.07) is -0.308. The molecule has 2 rings (SSSR count). The minimum absolute atomic E-state index is 0.0447. The standard InChI is InChI=1S/C16H28N2O2S/c1-11(2)13-14(19)17-16(8-5-6-9-16)15(20)18(13)10-7-12(3)21-4/h11-13H,5-10H2,1-4H3,(H,17,19). The third kappa shape index (κ3) is 3.22. The van der Waals surface area contributed by atoms with Gasteiger partial charge in [-0.1, -0.05) is 33.6 Å². The van der Waals surface area contributed by atoms with Gasteiger partial charge in [0.1, 0.15) is 11.6 Å². The fourth-order valence-electron chi connectivity index (χ4n) is 3.57. The van der Waals surface area contributed by atoms with Crippen LogP contribution in [0.5, 0.6) is 0 Å². The minimum atomic E-state index is -0.592. The highest BCUT2D eigenvalue weighted by molar-refractivity contribution is 7.99. The van der Waals surface area contributed by atoms with Gasteiger partial charge in [-0.2, -0.15) is 11.8 Å². The zero-order valence-electron chi connectivity index (χ0n) is 13.6. The van der Waals surface area contributed by atoms with Crippen molar-refractivity contribution in [3.05, 3.63) is 0 Å². The van der Waals surface area contributed by atoms with E-state index in [1.165, 1.54) is 0 Å². The Bertz CT molecular complexity index is 405. The highest BCUT2D eigenvalue weighted by Gasteiger charge is 2.52. The molecule has 2 atom stereocenters. The Hall–Kier alpha value is -0.710. The maximum atomic E-state index is 13.0. The van der Waals surface area contributed by atoms with Gasteiger partial charge in [0.05, 0.1) is 0 Å². The number of thioether (sulfide) groups is 1. The number of hydrogen-bond acceptors (Lipinski definition) is 3. The molecule has 1 saturated heterocycles. The molecule has 2 aliphatic rings. The van der Waals surface area contributed by atoms with E-state index in [4.69, 9.17) is 0 Å². The summed E-state index contributed by atoms with van der Waals surface area (Å²) in [6.07, 6.45) is 6.71. The SMILES string of the molecule is CSC(C)CCN1C(=O)C2(CCCC2)NC(=O)C1C(C)C. The van der Waals surface area contributed by atoms with E-state index in [9.17, 15) is 9.59 Å². The van der Waals surface area contributed by atoms with E-state index in [1.807, 2.05) is 30.5 Å². The molecule has 0 radical (unpaired) electrons. The van der Waals surface area contributed by atoms with Crippen molar-refractivity contribution in [2.45, 2.75) is 69.7 Å². The fraction of sp³-hybridized carbons (Fsp3) is 0.875. The first-order chi connectivity index (χ1) is 9.91. The number of nitrogens with zero attached hydrogens (tertiary/aromatic N) is 1. The molecule has 1 spiro atoms. The summed E-state index contributed by atoms with van der Waals surface area (Å²) >= 11 is 1.81. The van der Waals surface area contributed by atoms with Crippen molar-refractivity contribution in [3.8, 4) is 0 Å². The number of hydrogen-bond donors (Lipinski definition) is 1. The highest BCUT2D eigenvalue weighted by atomic mass is 32.2. The van der Waals surface area contributed by atoms with Gasteiger partial charge in [-0.15, -0.1) is 0 Å². The number of nitrogens with one attached hydrogen (secondary N) is 1. The lowest BCUT2D eigenvalue weighted by molar-refractivity contribution is -0.156. The van der Waals surface area contributed by atoms with E-state index in [-0.39, 0.29) is 23.8 Å². The van der Waals surface area contributed by atoms with Gasteiger partial charge >= 0.3 is 0 Å². The molecule has 0 aromatic rings. The maximum Gasteiger partial charge on any atom is 0.249 e. The molecule has 1 saturated carbocycles. The van der Waals surface area contributed by atoms with E-state index in [2.05, 4.69) is 18.5 Å². The van der Waals surface area contributed by atoms with Gasteiger partial charge in [-0.05, 0) is 31.4 Å². The molecule has 2 amide bonds. The molecule has 5 heteroatoms. The second-order valence-corrected chi connectivity index (χ2v) is 8.08. The smallest absolute Gasteiger partial charge is 0.249 e. The Labute approximate surface area is 132 Å². The topological polar surface area (TPSA) is 49.4 Å². The summed E-state index contributed by atoms with van der Waals surface area (Å²) in [7, 11) is 0. The number of amides is 2. The Morgan fingerprint density at radius 1 is 1.29 bits per heavy atom. The predicted octanol–water partition coefficient (Wildman–Crippen LogP) is 2.42. The summed E-state index contributed by atoms with van der Waals surface area (Å²) < 4.78 is 0. The lowest BCUT2D eigenvalue weighted by atomic mass is 9.87. The minimum Gasteiger partial charge on any atom is -0.340 e. The van der Waals surface area contributed by atoms with Crippen molar-refractivity contribution < 1.29 is 9.59 Å². The van der Waals surface area contributed by atoms with Crippen molar-refractivity contribution in [2.75, 3.05) is 12.8 Å². The first-order valence-corrected chi connectivity index (χ1v) is 9.36. The van der Waals surface area contributed by atoms with Crippen molar-refractivity contribution in [3.63, 3.8) is 0 Å². The maximum absolute atomic E-state index is 13.0. The summed E-state index contributed by atoms with van der Waals surface area (Å²) in [5, 5.41) is 3.58. The number of piperazine rings is 1. The molecule has 1 aliphatic carbocycles. The lowest BCUT2D eigenvalue weighted by Gasteiger charge is -2.46. The van der Waals surface area contributed by atoms with Crippen LogP contribution in [0.4, 0.5) is 0 Å². The van der Waals surface area contributed by atoms with Crippen LogP contribution in [0.3, 0.4) is 0 Å². The number of carbonyl (C=O) groups excluding carboxylic acids is 2. The van der Waals surface area contributed by atoms with Crippen molar-refractivity contribution in [1.82, 2.24) is 10.2 Å². The third-order valence-corrected chi connectivity index (χ3v) is 5.95. The van der Waals surface area contributed by atoms with Crippen LogP contribution >= 0.6 is 11.8 Å². The van der Waals surface area contributed by atoms with Gasteiger partial charge in [-0.25, -0.2) is 0 Å². The van der Waals surface area contributed by atoms with Crippen LogP contribution in [0.15, 0.2) is 0 Å². The molecule has 1 aliphatic heterocycles. The van der Waals surface area contributed by atoms with Gasteiger partial charge in [0.2, 0.25) is 11.8 Å². The third-order valence-electron chi connectivity index (χ3n) is 4.90. The van der Waals surface area contributed by atoms with Crippen LogP contribution < -0.4 is 5.32 Å². The average molecular weight is 312 g/mol. The van der Waals surface area contributed by atoms with Gasteiger partial charge < -0.3 is 10.2 Å². The zero-order valence-corrected chi connectivity index (χ0v) is 14.5. The molecule has 4 nitrogen and oxygen atoms in total. The quantitative estimate of drug-likeness (QED) is 0.848. The second-order valence-electron chi connectivity index (χ2n) is 6.80. The Morgan fingerprint density at radius 2 is 1.90 bits per heavy atom. The Kier molecular flexibility index (Phi) is 5.23. The van der Waals surface area contributed by atoms with Crippen LogP contribution in [-0.4, -0.2) is 46.3 Å². The van der Waals surface area contributed by atoms with Crippen LogP contribution in [0.2, 0.25) is 0 Å². The van der Waals surface area contributed by atoms with Crippen LogP contribution in [0, 0.1) is 5.92 Å². The molecule has 1 heterocycles. The monoisotopic (exact) mass is 312 g/mol. The van der Waals surface area contributed by atoms with E-state index in [0.717, 1.165) is 32.1 Å².